The minimum absolute atomic E-state index is 0.0781. The number of aliphatic imine (C=N–C) groups is 1. The fourth-order valence-electron chi connectivity index (χ4n) is 3.97. The first-order valence-corrected chi connectivity index (χ1v) is 11.5. The first-order valence-electron chi connectivity index (χ1n) is 11.5. The molecule has 0 fully saturated rings. The number of nitrogens with two attached hydrogens (primary N) is 1. The van der Waals surface area contributed by atoms with Gasteiger partial charge in [-0.05, 0) is 49.2 Å². The van der Waals surface area contributed by atoms with Gasteiger partial charge in [0, 0.05) is 23.6 Å². The normalized spacial score (nSPS) is 14.6. The number of nitrogens with one attached hydrogen (secondary N) is 2. The number of anilines is 3. The second-order valence-corrected chi connectivity index (χ2v) is 8.24. The Morgan fingerprint density at radius 3 is 2.76 bits per heavy atom. The van der Waals surface area contributed by atoms with Crippen molar-refractivity contribution in [3.63, 3.8) is 0 Å². The summed E-state index contributed by atoms with van der Waals surface area (Å²) in [6.07, 6.45) is 4.70. The molecule has 1 aromatic carbocycles. The van der Waals surface area contributed by atoms with E-state index in [-0.39, 0.29) is 24.9 Å². The van der Waals surface area contributed by atoms with E-state index >= 15 is 0 Å². The average Bonchev–Trinajstić information content (AvgIpc) is 3.51. The van der Waals surface area contributed by atoms with Gasteiger partial charge in [0.25, 0.3) is 0 Å². The molecule has 0 aliphatic carbocycles. The van der Waals surface area contributed by atoms with Crippen molar-refractivity contribution in [2.24, 2.45) is 4.99 Å². The van der Waals surface area contributed by atoms with Crippen LogP contribution in [-0.4, -0.2) is 56.7 Å². The maximum atomic E-state index is 12.4. The molecule has 4 N–H and O–H groups in total. The van der Waals surface area contributed by atoms with Crippen molar-refractivity contribution in [2.75, 3.05) is 29.6 Å². The van der Waals surface area contributed by atoms with Gasteiger partial charge in [-0.3, -0.25) is 5.32 Å². The van der Waals surface area contributed by atoms with Gasteiger partial charge >= 0.3 is 12.0 Å². The van der Waals surface area contributed by atoms with Crippen LogP contribution < -0.4 is 16.4 Å². The lowest BCUT2D eigenvalue weighted by molar-refractivity contribution is -0.144. The molecule has 12 heteroatoms. The number of benzene rings is 1. The second-order valence-electron chi connectivity index (χ2n) is 8.24. The number of hydrogen-bond donors (Lipinski definition) is 3. The van der Waals surface area contributed by atoms with Crippen LogP contribution in [0.2, 0.25) is 0 Å². The molecule has 1 aliphatic heterocycles. The molecule has 1 aliphatic rings. The third-order valence-corrected chi connectivity index (χ3v) is 5.63. The monoisotopic (exact) mass is 500 g/mol. The summed E-state index contributed by atoms with van der Waals surface area (Å²) in [6.45, 7) is 3.99. The van der Waals surface area contributed by atoms with Crippen molar-refractivity contribution in [3.05, 3.63) is 66.2 Å². The number of aromatic nitrogens is 4. The van der Waals surface area contributed by atoms with E-state index in [4.69, 9.17) is 15.2 Å². The van der Waals surface area contributed by atoms with E-state index < -0.39 is 18.0 Å². The minimum Gasteiger partial charge on any atom is -0.474 e. The van der Waals surface area contributed by atoms with Crippen molar-refractivity contribution >= 4 is 40.7 Å². The van der Waals surface area contributed by atoms with Crippen molar-refractivity contribution in [1.29, 1.82) is 0 Å². The zero-order valence-corrected chi connectivity index (χ0v) is 20.1. The SMILES string of the molecule is CCOC(=O)C1COC(c2cn3ncnc(N)c3c2-c2ccc(NC(=O)Nc3cc(C)ccn3)cc2)=N1. The van der Waals surface area contributed by atoms with Gasteiger partial charge in [-0.2, -0.15) is 5.10 Å². The van der Waals surface area contributed by atoms with E-state index in [2.05, 4.69) is 30.7 Å². The van der Waals surface area contributed by atoms with E-state index in [1.807, 2.05) is 25.1 Å². The zero-order chi connectivity index (χ0) is 25.9. The summed E-state index contributed by atoms with van der Waals surface area (Å²) in [7, 11) is 0. The van der Waals surface area contributed by atoms with Crippen LogP contribution in [0.15, 0.2) is 60.1 Å². The van der Waals surface area contributed by atoms with Gasteiger partial charge in [0.2, 0.25) is 5.90 Å². The number of aryl methyl sites for hydroxylation is 1. The van der Waals surface area contributed by atoms with Gasteiger partial charge in [0.05, 0.1) is 12.2 Å². The predicted molar refractivity (Wildman–Crippen MR) is 137 cm³/mol. The van der Waals surface area contributed by atoms with Crippen molar-refractivity contribution < 1.29 is 19.1 Å². The van der Waals surface area contributed by atoms with Gasteiger partial charge in [0.15, 0.2) is 11.9 Å². The maximum absolute atomic E-state index is 12.4. The number of urea groups is 1. The molecule has 4 aromatic rings. The van der Waals surface area contributed by atoms with Crippen molar-refractivity contribution in [1.82, 2.24) is 19.6 Å². The number of ether oxygens (including phenoxy) is 2. The second kappa shape index (κ2) is 9.93. The van der Waals surface area contributed by atoms with Gasteiger partial charge in [-0.1, -0.05) is 12.1 Å². The lowest BCUT2D eigenvalue weighted by Gasteiger charge is -2.10. The number of hydrogen-bond acceptors (Lipinski definition) is 9. The smallest absolute Gasteiger partial charge is 0.334 e. The molecule has 0 radical (unpaired) electrons. The largest absolute Gasteiger partial charge is 0.474 e. The Kier molecular flexibility index (Phi) is 6.37. The van der Waals surface area contributed by atoms with Crippen molar-refractivity contribution in [2.45, 2.75) is 19.9 Å². The molecule has 3 aromatic heterocycles. The molecule has 5 rings (SSSR count). The maximum Gasteiger partial charge on any atom is 0.334 e. The topological polar surface area (TPSA) is 158 Å². The van der Waals surface area contributed by atoms with Crippen LogP contribution in [0, 0.1) is 6.92 Å². The first-order chi connectivity index (χ1) is 17.9. The first kappa shape index (κ1) is 23.7. The Morgan fingerprint density at radius 1 is 1.19 bits per heavy atom. The molecule has 0 spiro atoms. The number of esters is 1. The molecule has 1 atom stereocenters. The molecule has 1 unspecified atom stereocenters. The molecule has 0 bridgehead atoms. The summed E-state index contributed by atoms with van der Waals surface area (Å²) in [5, 5.41) is 9.75. The highest BCUT2D eigenvalue weighted by atomic mass is 16.5. The Bertz CT molecular complexity index is 1510. The molecule has 12 nitrogen and oxygen atoms in total. The lowest BCUT2D eigenvalue weighted by Crippen LogP contribution is -2.22. The van der Waals surface area contributed by atoms with Crippen LogP contribution in [0.3, 0.4) is 0 Å². The predicted octanol–water partition coefficient (Wildman–Crippen LogP) is 3.03. The summed E-state index contributed by atoms with van der Waals surface area (Å²) < 4.78 is 12.4. The van der Waals surface area contributed by atoms with Gasteiger partial charge in [0.1, 0.15) is 24.3 Å². The number of pyridine rings is 1. The fourth-order valence-corrected chi connectivity index (χ4v) is 3.97. The summed E-state index contributed by atoms with van der Waals surface area (Å²) in [4.78, 5) is 37.3. The van der Waals surface area contributed by atoms with Crippen LogP contribution in [0.5, 0.6) is 0 Å². The molecule has 2 amide bonds. The third kappa shape index (κ3) is 4.89. The summed E-state index contributed by atoms with van der Waals surface area (Å²) in [6, 6.07) is 9.61. The molecule has 0 saturated carbocycles. The summed E-state index contributed by atoms with van der Waals surface area (Å²) in [5.41, 5.74) is 10.4. The number of rotatable bonds is 6. The number of nitrogen functional groups attached to an aromatic ring is 1. The highest BCUT2D eigenvalue weighted by molar-refractivity contribution is 6.08. The van der Waals surface area contributed by atoms with Crippen LogP contribution in [0.1, 0.15) is 18.1 Å². The molecule has 188 valence electrons. The fraction of sp³-hybridized carbons (Fsp3) is 0.200. The van der Waals surface area contributed by atoms with E-state index in [0.29, 0.717) is 28.1 Å². The van der Waals surface area contributed by atoms with E-state index in [9.17, 15) is 9.59 Å². The van der Waals surface area contributed by atoms with Crippen LogP contribution >= 0.6 is 0 Å². The Labute approximate surface area is 211 Å². The molecule has 37 heavy (non-hydrogen) atoms. The molecule has 0 saturated heterocycles. The Balaban J connectivity index is 1.44. The van der Waals surface area contributed by atoms with E-state index in [1.54, 1.807) is 42.0 Å². The third-order valence-electron chi connectivity index (χ3n) is 5.63. The summed E-state index contributed by atoms with van der Waals surface area (Å²) >= 11 is 0. The zero-order valence-electron chi connectivity index (χ0n) is 20.1. The highest BCUT2D eigenvalue weighted by Gasteiger charge is 2.31. The molecular formula is C25H24N8O4. The standard InChI is InChI=1S/C25H24N8O4/c1-3-36-24(34)18-12-37-23(31-18)17-11-33-21(22(26)28-13-29-33)20(17)15-4-6-16(7-5-15)30-25(35)32-19-10-14(2)8-9-27-19/h4-11,13,18H,3,12H2,1-2H3,(H2,26,28,29)(H2,27,30,32,35). The Morgan fingerprint density at radius 2 is 2.00 bits per heavy atom. The quantitative estimate of drug-likeness (QED) is 0.341. The van der Waals surface area contributed by atoms with E-state index in [1.165, 1.54) is 6.33 Å². The number of nitrogens with zero attached hydrogens (tertiary/aromatic N) is 5. The molecule has 4 heterocycles. The Hall–Kier alpha value is -5.00. The van der Waals surface area contributed by atoms with Gasteiger partial charge in [-0.15, -0.1) is 0 Å². The number of carbonyl (C=O) groups excluding carboxylic acids is 2. The van der Waals surface area contributed by atoms with Crippen LogP contribution in [0.4, 0.5) is 22.1 Å². The average molecular weight is 501 g/mol. The molecular weight excluding hydrogens is 476 g/mol. The number of fused-ring (bicyclic) bond motifs is 1. The number of amides is 2. The van der Waals surface area contributed by atoms with E-state index in [0.717, 1.165) is 11.1 Å². The van der Waals surface area contributed by atoms with Crippen LogP contribution in [0.25, 0.3) is 16.6 Å². The van der Waals surface area contributed by atoms with Gasteiger partial charge in [-0.25, -0.2) is 29.1 Å². The van der Waals surface area contributed by atoms with Crippen LogP contribution in [-0.2, 0) is 14.3 Å². The summed E-state index contributed by atoms with van der Waals surface area (Å²) in [5.74, 6) is 0.555. The highest BCUT2D eigenvalue weighted by Crippen LogP contribution is 2.34. The van der Waals surface area contributed by atoms with Gasteiger partial charge < -0.3 is 20.5 Å². The van der Waals surface area contributed by atoms with Crippen molar-refractivity contribution in [3.8, 4) is 11.1 Å². The minimum atomic E-state index is -0.748. The number of carbonyl (C=O) groups is 2. The lowest BCUT2D eigenvalue weighted by atomic mass is 10.0.